The normalized spacial score (nSPS) is 22.7. The second-order valence-corrected chi connectivity index (χ2v) is 12.6. The van der Waals surface area contributed by atoms with Crippen molar-refractivity contribution < 1.29 is 18.9 Å². The zero-order valence-electron chi connectivity index (χ0n) is 14.5. The molecular weight excluding hydrogens is 302 g/mol. The smallest absolute Gasteiger partial charge is 0.306 e. The zero-order valence-corrected chi connectivity index (χ0v) is 15.5. The zero-order chi connectivity index (χ0) is 17.1. The highest BCUT2D eigenvalue weighted by Crippen LogP contribution is 2.42. The molecule has 1 aliphatic rings. The maximum Gasteiger partial charge on any atom is 0.306 e. The summed E-state index contributed by atoms with van der Waals surface area (Å²) in [4.78, 5) is 21.8. The van der Waals surface area contributed by atoms with E-state index < -0.39 is 14.4 Å². The van der Waals surface area contributed by atoms with E-state index in [1.807, 2.05) is 0 Å². The van der Waals surface area contributed by atoms with Gasteiger partial charge in [0.2, 0.25) is 14.9 Å². The number of carbonyl (C=O) groups is 1. The number of rotatable bonds is 8. The molecule has 0 aromatic rings. The van der Waals surface area contributed by atoms with Crippen molar-refractivity contribution in [1.29, 1.82) is 0 Å². The first kappa shape index (κ1) is 19.1. The molecule has 2 unspecified atom stereocenters. The van der Waals surface area contributed by atoms with Crippen molar-refractivity contribution >= 4 is 14.3 Å². The highest BCUT2D eigenvalue weighted by atomic mass is 28.4. The van der Waals surface area contributed by atoms with Crippen LogP contribution in [0.15, 0.2) is 0 Å². The molecule has 0 saturated carbocycles. The van der Waals surface area contributed by atoms with Gasteiger partial charge in [-0.3, -0.25) is 14.9 Å². The van der Waals surface area contributed by atoms with E-state index in [0.29, 0.717) is 16.6 Å². The highest BCUT2D eigenvalue weighted by Gasteiger charge is 2.47. The van der Waals surface area contributed by atoms with Gasteiger partial charge in [-0.25, -0.2) is 0 Å². The van der Waals surface area contributed by atoms with Crippen LogP contribution in [0.5, 0.6) is 0 Å². The molecular formula is C15H29NO5Si. The van der Waals surface area contributed by atoms with E-state index in [1.54, 1.807) is 0 Å². The average Bonchev–Trinajstić information content (AvgIpc) is 2.67. The second kappa shape index (κ2) is 7.54. The Hall–Kier alpha value is -0.953. The number of hydrogen-bond acceptors (Lipinski definition) is 5. The summed E-state index contributed by atoms with van der Waals surface area (Å²) in [5.41, 5.74) is 1.29. The van der Waals surface area contributed by atoms with Gasteiger partial charge >= 0.3 is 5.97 Å². The van der Waals surface area contributed by atoms with E-state index in [2.05, 4.69) is 41.5 Å². The fourth-order valence-corrected chi connectivity index (χ4v) is 9.38. The minimum atomic E-state index is -2.05. The molecule has 7 heteroatoms. The first-order chi connectivity index (χ1) is 10.1. The average molecular weight is 331 g/mol. The van der Waals surface area contributed by atoms with E-state index in [1.165, 1.54) is 0 Å². The van der Waals surface area contributed by atoms with Gasteiger partial charge in [0.15, 0.2) is 0 Å². The topological polar surface area (TPSA) is 78.7 Å². The molecule has 6 nitrogen and oxygen atoms in total. The fourth-order valence-electron chi connectivity index (χ4n) is 3.93. The number of cyclic esters (lactones) is 1. The van der Waals surface area contributed by atoms with E-state index in [9.17, 15) is 14.9 Å². The van der Waals surface area contributed by atoms with E-state index in [0.717, 1.165) is 0 Å². The van der Waals surface area contributed by atoms with Crippen LogP contribution in [0, 0.1) is 16.0 Å². The molecule has 1 fully saturated rings. The third kappa shape index (κ3) is 4.07. The Morgan fingerprint density at radius 2 is 1.73 bits per heavy atom. The third-order valence-electron chi connectivity index (χ3n) is 4.83. The van der Waals surface area contributed by atoms with Gasteiger partial charge in [0.25, 0.3) is 0 Å². The standard InChI is InChI=1S/C15H29NO5Si/c1-10(2)22(11(3)4,12(5)6)20-9-14-13(8-16(18)19)7-15(17)21-14/h10-14H,7-9H2,1-6H3. The maximum absolute atomic E-state index is 11.5. The van der Waals surface area contributed by atoms with Crippen LogP contribution in [-0.4, -0.2) is 38.5 Å². The lowest BCUT2D eigenvalue weighted by atomic mass is 10.0. The molecule has 128 valence electrons. The monoisotopic (exact) mass is 331 g/mol. The first-order valence-corrected chi connectivity index (χ1v) is 10.2. The van der Waals surface area contributed by atoms with Crippen molar-refractivity contribution in [3.05, 3.63) is 10.1 Å². The molecule has 2 atom stereocenters. The molecule has 0 aliphatic carbocycles. The number of hydrogen-bond donors (Lipinski definition) is 0. The van der Waals surface area contributed by atoms with Crippen molar-refractivity contribution in [3.8, 4) is 0 Å². The molecule has 22 heavy (non-hydrogen) atoms. The van der Waals surface area contributed by atoms with Gasteiger partial charge in [0, 0.05) is 4.92 Å². The predicted molar refractivity (Wildman–Crippen MR) is 86.8 cm³/mol. The van der Waals surface area contributed by atoms with Crippen molar-refractivity contribution in [3.63, 3.8) is 0 Å². The second-order valence-electron chi connectivity index (χ2n) is 7.14. The van der Waals surface area contributed by atoms with Crippen molar-refractivity contribution in [2.45, 2.75) is 70.7 Å². The summed E-state index contributed by atoms with van der Waals surface area (Å²) in [7, 11) is -2.05. The van der Waals surface area contributed by atoms with Crippen LogP contribution >= 0.6 is 0 Å². The number of nitrogens with zero attached hydrogens (tertiary/aromatic N) is 1. The minimum Gasteiger partial charge on any atom is -0.459 e. The molecule has 0 spiro atoms. The van der Waals surface area contributed by atoms with Gasteiger partial charge in [-0.05, 0) is 16.6 Å². The number of nitro groups is 1. The Morgan fingerprint density at radius 1 is 1.23 bits per heavy atom. The predicted octanol–water partition coefficient (Wildman–Crippen LogP) is 3.39. The highest BCUT2D eigenvalue weighted by molar-refractivity contribution is 6.77. The Bertz CT molecular complexity index is 389. The van der Waals surface area contributed by atoms with Crippen LogP contribution in [0.3, 0.4) is 0 Å². The van der Waals surface area contributed by atoms with Crippen molar-refractivity contribution in [2.75, 3.05) is 13.2 Å². The summed E-state index contributed by atoms with van der Waals surface area (Å²) in [5, 5.41) is 10.7. The van der Waals surface area contributed by atoms with E-state index >= 15 is 0 Å². The molecule has 0 aromatic carbocycles. The summed E-state index contributed by atoms with van der Waals surface area (Å²) in [6.07, 6.45) is -0.366. The number of carbonyl (C=O) groups excluding carboxylic acids is 1. The molecule has 1 saturated heterocycles. The van der Waals surface area contributed by atoms with Crippen LogP contribution in [0.2, 0.25) is 16.6 Å². The summed E-state index contributed by atoms with van der Waals surface area (Å²) in [6, 6.07) is 0. The summed E-state index contributed by atoms with van der Waals surface area (Å²) in [5.74, 6) is -0.730. The first-order valence-electron chi connectivity index (χ1n) is 8.06. The van der Waals surface area contributed by atoms with Crippen LogP contribution in [-0.2, 0) is 14.0 Å². The Labute approximate surface area is 133 Å². The lowest BCUT2D eigenvalue weighted by Gasteiger charge is -2.42. The van der Waals surface area contributed by atoms with Gasteiger partial charge < -0.3 is 9.16 Å². The maximum atomic E-state index is 11.5. The minimum absolute atomic E-state index is 0.120. The fraction of sp³-hybridized carbons (Fsp3) is 0.933. The summed E-state index contributed by atoms with van der Waals surface area (Å²) >= 11 is 0. The molecule has 0 N–H and O–H groups in total. The van der Waals surface area contributed by atoms with Crippen LogP contribution in [0.25, 0.3) is 0 Å². The van der Waals surface area contributed by atoms with Gasteiger partial charge in [-0.2, -0.15) is 0 Å². The molecule has 1 rings (SSSR count). The molecule has 0 radical (unpaired) electrons. The lowest BCUT2D eigenvalue weighted by molar-refractivity contribution is -0.489. The third-order valence-corrected chi connectivity index (χ3v) is 10.9. The SMILES string of the molecule is CC(C)[Si](OCC1OC(=O)CC1C[N+](=O)[O-])(C(C)C)C(C)C. The van der Waals surface area contributed by atoms with Gasteiger partial charge in [-0.15, -0.1) is 0 Å². The number of ether oxygens (including phenoxy) is 1. The van der Waals surface area contributed by atoms with Crippen molar-refractivity contribution in [2.24, 2.45) is 5.92 Å². The van der Waals surface area contributed by atoms with Gasteiger partial charge in [0.1, 0.15) is 6.10 Å². The Balaban J connectivity index is 2.83. The molecule has 0 amide bonds. The molecule has 1 heterocycles. The van der Waals surface area contributed by atoms with E-state index in [4.69, 9.17) is 9.16 Å². The van der Waals surface area contributed by atoms with Crippen LogP contribution in [0.1, 0.15) is 48.0 Å². The number of esters is 1. The van der Waals surface area contributed by atoms with E-state index in [-0.39, 0.29) is 36.4 Å². The molecule has 0 bridgehead atoms. The van der Waals surface area contributed by atoms with Crippen LogP contribution < -0.4 is 0 Å². The molecule has 1 aliphatic heterocycles. The lowest BCUT2D eigenvalue weighted by Crippen LogP contribution is -2.49. The van der Waals surface area contributed by atoms with Gasteiger partial charge in [0.05, 0.1) is 18.9 Å². The Morgan fingerprint density at radius 3 is 2.14 bits per heavy atom. The quantitative estimate of drug-likeness (QED) is 0.295. The largest absolute Gasteiger partial charge is 0.459 e. The summed E-state index contributed by atoms with van der Waals surface area (Å²) < 4.78 is 11.7. The van der Waals surface area contributed by atoms with Crippen molar-refractivity contribution in [1.82, 2.24) is 0 Å². The van der Waals surface area contributed by atoms with Gasteiger partial charge in [-0.1, -0.05) is 41.5 Å². The summed E-state index contributed by atoms with van der Waals surface area (Å²) in [6.45, 7) is 13.1. The van der Waals surface area contributed by atoms with Crippen LogP contribution in [0.4, 0.5) is 0 Å². The molecule has 0 aromatic heterocycles. The Kier molecular flexibility index (Phi) is 6.55.